The van der Waals surface area contributed by atoms with E-state index in [-0.39, 0.29) is 5.75 Å². The zero-order valence-electron chi connectivity index (χ0n) is 12.9. The molecule has 8 heteroatoms. The molecule has 0 atom stereocenters. The van der Waals surface area contributed by atoms with Crippen molar-refractivity contribution in [3.63, 3.8) is 0 Å². The van der Waals surface area contributed by atoms with E-state index in [0.29, 0.717) is 0 Å². The summed E-state index contributed by atoms with van der Waals surface area (Å²) in [4.78, 5) is 9.09. The first kappa shape index (κ1) is 16.1. The Morgan fingerprint density at radius 1 is 1.26 bits per heavy atom. The summed E-state index contributed by atoms with van der Waals surface area (Å²) in [6.07, 6.45) is 5.97. The number of hydrogen-bond acceptors (Lipinski definition) is 7. The van der Waals surface area contributed by atoms with Crippen molar-refractivity contribution >= 4 is 33.4 Å². The molecular formula is C15H17N3O3S2. The lowest BCUT2D eigenvalue weighted by atomic mass is 10.2. The van der Waals surface area contributed by atoms with Gasteiger partial charge in [0.2, 0.25) is 0 Å². The molecule has 2 aromatic rings. The molecule has 23 heavy (non-hydrogen) atoms. The van der Waals surface area contributed by atoms with Crippen LogP contribution in [-0.2, 0) is 23.0 Å². The largest absolute Gasteiger partial charge is 0.383 e. The number of hydrogen-bond donors (Lipinski definition) is 1. The highest BCUT2D eigenvalue weighted by Crippen LogP contribution is 2.31. The third-order valence-corrected chi connectivity index (χ3v) is 4.48. The SMILES string of the molecule is CSc1nc2c(c(Nc3cccc(OS(C)(=O)=O)c3)n1)CCC2. The maximum absolute atomic E-state index is 11.2. The lowest BCUT2D eigenvalue weighted by molar-refractivity contribution is 0.493. The molecule has 1 aromatic carbocycles. The van der Waals surface area contributed by atoms with Gasteiger partial charge >= 0.3 is 10.1 Å². The normalized spacial score (nSPS) is 13.7. The van der Waals surface area contributed by atoms with Crippen LogP contribution in [0.5, 0.6) is 5.75 Å². The number of fused-ring (bicyclic) bond motifs is 1. The fraction of sp³-hybridized carbons (Fsp3) is 0.333. The quantitative estimate of drug-likeness (QED) is 0.504. The van der Waals surface area contributed by atoms with Gasteiger partial charge in [0.1, 0.15) is 11.6 Å². The number of anilines is 2. The van der Waals surface area contributed by atoms with Gasteiger partial charge in [0.25, 0.3) is 0 Å². The highest BCUT2D eigenvalue weighted by atomic mass is 32.2. The molecule has 122 valence electrons. The summed E-state index contributed by atoms with van der Waals surface area (Å²) in [6, 6.07) is 6.82. The molecule has 1 heterocycles. The first-order valence-electron chi connectivity index (χ1n) is 7.15. The minimum Gasteiger partial charge on any atom is -0.383 e. The lowest BCUT2D eigenvalue weighted by Gasteiger charge is -2.12. The van der Waals surface area contributed by atoms with Crippen molar-refractivity contribution in [1.82, 2.24) is 9.97 Å². The molecule has 0 bridgehead atoms. The Kier molecular flexibility index (Phi) is 4.45. The number of nitrogens with one attached hydrogen (secondary N) is 1. The zero-order valence-corrected chi connectivity index (χ0v) is 14.5. The molecule has 0 spiro atoms. The van der Waals surface area contributed by atoms with E-state index in [2.05, 4.69) is 15.3 Å². The van der Waals surface area contributed by atoms with Crippen LogP contribution in [0.1, 0.15) is 17.7 Å². The number of rotatable bonds is 5. The minimum atomic E-state index is -3.54. The topological polar surface area (TPSA) is 81.2 Å². The van der Waals surface area contributed by atoms with Crippen LogP contribution in [-0.4, -0.2) is 30.9 Å². The fourth-order valence-corrected chi connectivity index (χ4v) is 3.38. The van der Waals surface area contributed by atoms with E-state index in [9.17, 15) is 8.42 Å². The summed E-state index contributed by atoms with van der Waals surface area (Å²) in [5, 5.41) is 4.00. The van der Waals surface area contributed by atoms with Gasteiger partial charge in [0.05, 0.1) is 11.9 Å². The van der Waals surface area contributed by atoms with Crippen LogP contribution in [0.15, 0.2) is 29.4 Å². The van der Waals surface area contributed by atoms with Crippen LogP contribution in [0.4, 0.5) is 11.5 Å². The van der Waals surface area contributed by atoms with E-state index in [4.69, 9.17) is 4.18 Å². The van der Waals surface area contributed by atoms with E-state index in [1.165, 1.54) is 11.8 Å². The van der Waals surface area contributed by atoms with Gasteiger partial charge in [-0.15, -0.1) is 0 Å². The summed E-state index contributed by atoms with van der Waals surface area (Å²) in [5.74, 6) is 1.06. The molecule has 0 unspecified atom stereocenters. The molecule has 6 nitrogen and oxygen atoms in total. The summed E-state index contributed by atoms with van der Waals surface area (Å²) < 4.78 is 27.4. The van der Waals surface area contributed by atoms with Gasteiger partial charge in [-0.3, -0.25) is 0 Å². The van der Waals surface area contributed by atoms with Crippen molar-refractivity contribution in [2.24, 2.45) is 0 Å². The van der Waals surface area contributed by atoms with E-state index in [1.807, 2.05) is 12.3 Å². The summed E-state index contributed by atoms with van der Waals surface area (Å²) in [5.41, 5.74) is 2.96. The average molecular weight is 351 g/mol. The van der Waals surface area contributed by atoms with Crippen LogP contribution in [0, 0.1) is 0 Å². The smallest absolute Gasteiger partial charge is 0.306 e. The fourth-order valence-electron chi connectivity index (χ4n) is 2.54. The predicted octanol–water partition coefficient (Wildman–Crippen LogP) is 2.77. The third-order valence-electron chi connectivity index (χ3n) is 3.44. The van der Waals surface area contributed by atoms with Gasteiger partial charge in [0.15, 0.2) is 5.16 Å². The molecule has 1 aliphatic rings. The van der Waals surface area contributed by atoms with Crippen LogP contribution in [0.3, 0.4) is 0 Å². The number of nitrogens with zero attached hydrogens (tertiary/aromatic N) is 2. The van der Waals surface area contributed by atoms with Crippen molar-refractivity contribution in [2.75, 3.05) is 17.8 Å². The Morgan fingerprint density at radius 2 is 2.09 bits per heavy atom. The second-order valence-corrected chi connectivity index (χ2v) is 7.63. The predicted molar refractivity (Wildman–Crippen MR) is 91.0 cm³/mol. The third kappa shape index (κ3) is 3.94. The monoisotopic (exact) mass is 351 g/mol. The Balaban J connectivity index is 1.91. The molecular weight excluding hydrogens is 334 g/mol. The maximum atomic E-state index is 11.2. The van der Waals surface area contributed by atoms with Crippen LogP contribution >= 0.6 is 11.8 Å². The molecule has 1 N–H and O–H groups in total. The standard InChI is InChI=1S/C15H17N3O3S2/c1-22-15-17-13-8-4-7-12(13)14(18-15)16-10-5-3-6-11(9-10)21-23(2,19)20/h3,5-6,9H,4,7-8H2,1-2H3,(H,16,17,18). The number of benzene rings is 1. The molecule has 0 fully saturated rings. The van der Waals surface area contributed by atoms with Crippen LogP contribution < -0.4 is 9.50 Å². The summed E-state index contributed by atoms with van der Waals surface area (Å²) >= 11 is 1.50. The molecule has 0 aliphatic heterocycles. The van der Waals surface area contributed by atoms with Crippen molar-refractivity contribution in [3.8, 4) is 5.75 Å². The maximum Gasteiger partial charge on any atom is 0.306 e. The van der Waals surface area contributed by atoms with Crippen molar-refractivity contribution in [2.45, 2.75) is 24.4 Å². The Bertz CT molecular complexity index is 838. The first-order valence-corrected chi connectivity index (χ1v) is 10.2. The van der Waals surface area contributed by atoms with Crippen molar-refractivity contribution < 1.29 is 12.6 Å². The van der Waals surface area contributed by atoms with E-state index in [0.717, 1.165) is 53.4 Å². The van der Waals surface area contributed by atoms with Gasteiger partial charge < -0.3 is 9.50 Å². The molecule has 3 rings (SSSR count). The highest BCUT2D eigenvalue weighted by Gasteiger charge is 2.19. The van der Waals surface area contributed by atoms with Crippen LogP contribution in [0.25, 0.3) is 0 Å². The highest BCUT2D eigenvalue weighted by molar-refractivity contribution is 7.98. The zero-order chi connectivity index (χ0) is 16.4. The molecule has 0 saturated heterocycles. The van der Waals surface area contributed by atoms with E-state index >= 15 is 0 Å². The summed E-state index contributed by atoms with van der Waals surface area (Å²) in [6.45, 7) is 0. The molecule has 1 aromatic heterocycles. The Hall–Kier alpha value is -1.80. The first-order chi connectivity index (χ1) is 10.9. The molecule has 1 aliphatic carbocycles. The van der Waals surface area contributed by atoms with Crippen LogP contribution in [0.2, 0.25) is 0 Å². The second-order valence-electron chi connectivity index (χ2n) is 5.28. The van der Waals surface area contributed by atoms with Gasteiger partial charge in [-0.1, -0.05) is 17.8 Å². The van der Waals surface area contributed by atoms with E-state index < -0.39 is 10.1 Å². The minimum absolute atomic E-state index is 0.272. The number of aryl methyl sites for hydroxylation is 1. The number of aromatic nitrogens is 2. The molecule has 0 amide bonds. The number of thioether (sulfide) groups is 1. The average Bonchev–Trinajstić information content (AvgIpc) is 2.94. The van der Waals surface area contributed by atoms with Gasteiger partial charge in [0, 0.05) is 17.3 Å². The van der Waals surface area contributed by atoms with Gasteiger partial charge in [-0.05, 0) is 37.7 Å². The Morgan fingerprint density at radius 3 is 2.83 bits per heavy atom. The van der Waals surface area contributed by atoms with Crippen molar-refractivity contribution in [3.05, 3.63) is 35.5 Å². The van der Waals surface area contributed by atoms with Gasteiger partial charge in [-0.2, -0.15) is 8.42 Å². The Labute approximate surface area is 139 Å². The van der Waals surface area contributed by atoms with E-state index in [1.54, 1.807) is 18.2 Å². The van der Waals surface area contributed by atoms with Gasteiger partial charge in [-0.25, -0.2) is 9.97 Å². The molecule has 0 radical (unpaired) electrons. The lowest BCUT2D eigenvalue weighted by Crippen LogP contribution is -2.06. The van der Waals surface area contributed by atoms with Crippen molar-refractivity contribution in [1.29, 1.82) is 0 Å². The second kappa shape index (κ2) is 6.37. The summed E-state index contributed by atoms with van der Waals surface area (Å²) in [7, 11) is -3.54. The molecule has 0 saturated carbocycles.